The average molecular weight is 265 g/mol. The molecule has 1 aliphatic heterocycles. The van der Waals surface area contributed by atoms with Gasteiger partial charge in [0, 0.05) is 30.4 Å². The highest BCUT2D eigenvalue weighted by molar-refractivity contribution is 6.30. The van der Waals surface area contributed by atoms with E-state index in [1.165, 1.54) is 19.3 Å². The van der Waals surface area contributed by atoms with Crippen LogP contribution in [0.25, 0.3) is 5.78 Å². The Bertz CT molecular complexity index is 518. The molecule has 0 saturated carbocycles. The molecule has 0 radical (unpaired) electrons. The van der Waals surface area contributed by atoms with Gasteiger partial charge in [-0.25, -0.2) is 9.97 Å². The van der Waals surface area contributed by atoms with E-state index in [9.17, 15) is 0 Å². The van der Waals surface area contributed by atoms with Crippen LogP contribution in [0.4, 0.5) is 0 Å². The standard InChI is InChI=1S/C13H17ClN4/c1-9-7-18-8-11(16-13(18)17-12(9)14)6-10-4-2-3-5-15-10/h7-8,10,15H,2-6H2,1H3/t10-/m0/s1. The van der Waals surface area contributed by atoms with Crippen molar-refractivity contribution in [2.45, 2.75) is 38.6 Å². The minimum atomic E-state index is 0.537. The predicted octanol–water partition coefficient (Wildman–Crippen LogP) is 2.38. The molecule has 1 N–H and O–H groups in total. The summed E-state index contributed by atoms with van der Waals surface area (Å²) in [7, 11) is 0. The van der Waals surface area contributed by atoms with Crippen molar-refractivity contribution >= 4 is 17.4 Å². The van der Waals surface area contributed by atoms with E-state index in [0.29, 0.717) is 17.0 Å². The number of imidazole rings is 1. The maximum atomic E-state index is 6.01. The van der Waals surface area contributed by atoms with Crippen molar-refractivity contribution in [3.63, 3.8) is 0 Å². The van der Waals surface area contributed by atoms with Crippen molar-refractivity contribution in [2.24, 2.45) is 0 Å². The molecule has 2 aromatic heterocycles. The van der Waals surface area contributed by atoms with Gasteiger partial charge in [-0.2, -0.15) is 0 Å². The second-order valence-corrected chi connectivity index (χ2v) is 5.36. The van der Waals surface area contributed by atoms with Crippen LogP contribution in [-0.2, 0) is 6.42 Å². The van der Waals surface area contributed by atoms with Crippen LogP contribution in [0.2, 0.25) is 5.15 Å². The summed E-state index contributed by atoms with van der Waals surface area (Å²) in [4.78, 5) is 8.82. The molecular formula is C13H17ClN4. The molecule has 4 nitrogen and oxygen atoms in total. The van der Waals surface area contributed by atoms with E-state index in [2.05, 4.69) is 21.5 Å². The van der Waals surface area contributed by atoms with E-state index in [-0.39, 0.29) is 0 Å². The van der Waals surface area contributed by atoms with E-state index in [1.807, 2.05) is 17.5 Å². The Hall–Kier alpha value is -1.13. The van der Waals surface area contributed by atoms with Crippen LogP contribution >= 0.6 is 11.6 Å². The minimum absolute atomic E-state index is 0.537. The first-order valence-electron chi connectivity index (χ1n) is 6.46. The highest BCUT2D eigenvalue weighted by Crippen LogP contribution is 2.16. The number of aryl methyl sites for hydroxylation is 1. The first-order chi connectivity index (χ1) is 8.72. The van der Waals surface area contributed by atoms with Gasteiger partial charge in [0.1, 0.15) is 5.15 Å². The van der Waals surface area contributed by atoms with Crippen molar-refractivity contribution in [2.75, 3.05) is 6.54 Å². The summed E-state index contributed by atoms with van der Waals surface area (Å²) in [5.41, 5.74) is 2.06. The number of hydrogen-bond donors (Lipinski definition) is 1. The molecule has 2 aromatic rings. The quantitative estimate of drug-likeness (QED) is 0.847. The third kappa shape index (κ3) is 2.35. The van der Waals surface area contributed by atoms with Crippen LogP contribution in [0.3, 0.4) is 0 Å². The van der Waals surface area contributed by atoms with E-state index in [0.717, 1.165) is 24.2 Å². The van der Waals surface area contributed by atoms with Crippen molar-refractivity contribution in [3.8, 4) is 0 Å². The lowest BCUT2D eigenvalue weighted by atomic mass is 10.0. The molecule has 1 atom stereocenters. The van der Waals surface area contributed by atoms with Gasteiger partial charge < -0.3 is 5.32 Å². The largest absolute Gasteiger partial charge is 0.314 e. The molecular weight excluding hydrogens is 248 g/mol. The van der Waals surface area contributed by atoms with Crippen LogP contribution < -0.4 is 5.32 Å². The van der Waals surface area contributed by atoms with Gasteiger partial charge in [-0.3, -0.25) is 4.40 Å². The van der Waals surface area contributed by atoms with E-state index in [1.54, 1.807) is 0 Å². The highest BCUT2D eigenvalue weighted by Gasteiger charge is 2.15. The summed E-state index contributed by atoms with van der Waals surface area (Å²) < 4.78 is 1.96. The second-order valence-electron chi connectivity index (χ2n) is 5.01. The number of rotatable bonds is 2. The van der Waals surface area contributed by atoms with Gasteiger partial charge in [0.15, 0.2) is 0 Å². The van der Waals surface area contributed by atoms with Gasteiger partial charge in [0.05, 0.1) is 5.69 Å². The summed E-state index contributed by atoms with van der Waals surface area (Å²) in [5, 5.41) is 4.08. The molecule has 0 spiro atoms. The van der Waals surface area contributed by atoms with Gasteiger partial charge in [-0.05, 0) is 26.3 Å². The number of halogens is 1. The zero-order chi connectivity index (χ0) is 12.5. The summed E-state index contributed by atoms with van der Waals surface area (Å²) in [6, 6.07) is 0.556. The number of fused-ring (bicyclic) bond motifs is 1. The average Bonchev–Trinajstić information content (AvgIpc) is 2.72. The minimum Gasteiger partial charge on any atom is -0.314 e. The molecule has 5 heteroatoms. The van der Waals surface area contributed by atoms with Gasteiger partial charge in [-0.1, -0.05) is 18.0 Å². The molecule has 0 bridgehead atoms. The molecule has 0 aromatic carbocycles. The van der Waals surface area contributed by atoms with Crippen molar-refractivity contribution < 1.29 is 0 Å². The van der Waals surface area contributed by atoms with Gasteiger partial charge >= 0.3 is 0 Å². The van der Waals surface area contributed by atoms with Crippen LogP contribution in [0, 0.1) is 6.92 Å². The Morgan fingerprint density at radius 2 is 2.28 bits per heavy atom. The van der Waals surface area contributed by atoms with E-state index in [4.69, 9.17) is 11.6 Å². The highest BCUT2D eigenvalue weighted by atomic mass is 35.5. The Kier molecular flexibility index (Phi) is 3.22. The van der Waals surface area contributed by atoms with E-state index < -0.39 is 0 Å². The van der Waals surface area contributed by atoms with Crippen molar-refractivity contribution in [1.29, 1.82) is 0 Å². The maximum absolute atomic E-state index is 6.01. The molecule has 96 valence electrons. The second kappa shape index (κ2) is 4.86. The number of aromatic nitrogens is 3. The molecule has 1 aliphatic rings. The molecule has 1 fully saturated rings. The van der Waals surface area contributed by atoms with Gasteiger partial charge in [0.25, 0.3) is 0 Å². The third-order valence-corrected chi connectivity index (χ3v) is 3.87. The van der Waals surface area contributed by atoms with Crippen LogP contribution in [0.1, 0.15) is 30.5 Å². The first-order valence-corrected chi connectivity index (χ1v) is 6.84. The Morgan fingerprint density at radius 1 is 1.39 bits per heavy atom. The summed E-state index contributed by atoms with van der Waals surface area (Å²) in [6.45, 7) is 3.08. The van der Waals surface area contributed by atoms with Gasteiger partial charge in [-0.15, -0.1) is 0 Å². The zero-order valence-corrected chi connectivity index (χ0v) is 11.2. The fourth-order valence-electron chi connectivity index (χ4n) is 2.50. The SMILES string of the molecule is Cc1cn2cc(C[C@@H]3CCCCN3)nc2nc1Cl. The monoisotopic (exact) mass is 264 g/mol. The summed E-state index contributed by atoms with van der Waals surface area (Å²) >= 11 is 6.01. The number of nitrogens with one attached hydrogen (secondary N) is 1. The Balaban J connectivity index is 1.84. The molecule has 0 unspecified atom stereocenters. The number of hydrogen-bond acceptors (Lipinski definition) is 3. The zero-order valence-electron chi connectivity index (χ0n) is 10.5. The van der Waals surface area contributed by atoms with Crippen LogP contribution in [0.15, 0.2) is 12.4 Å². The van der Waals surface area contributed by atoms with Gasteiger partial charge in [0.2, 0.25) is 5.78 Å². The lowest BCUT2D eigenvalue weighted by molar-refractivity contribution is 0.397. The molecule has 0 amide bonds. The number of nitrogens with zero attached hydrogens (tertiary/aromatic N) is 3. The van der Waals surface area contributed by atoms with E-state index >= 15 is 0 Å². The molecule has 1 saturated heterocycles. The smallest absolute Gasteiger partial charge is 0.235 e. The van der Waals surface area contributed by atoms with Crippen molar-refractivity contribution in [1.82, 2.24) is 19.7 Å². The fraction of sp³-hybridized carbons (Fsp3) is 0.538. The van der Waals surface area contributed by atoms with Crippen molar-refractivity contribution in [3.05, 3.63) is 28.8 Å². The Labute approximate surface area is 111 Å². The summed E-state index contributed by atoms with van der Waals surface area (Å²) in [6.07, 6.45) is 8.85. The molecule has 0 aliphatic carbocycles. The third-order valence-electron chi connectivity index (χ3n) is 3.49. The number of piperidine rings is 1. The summed E-state index contributed by atoms with van der Waals surface area (Å²) in [5.74, 6) is 0.691. The molecule has 3 heterocycles. The Morgan fingerprint density at radius 3 is 3.06 bits per heavy atom. The predicted molar refractivity (Wildman–Crippen MR) is 72.1 cm³/mol. The normalized spacial score (nSPS) is 20.4. The topological polar surface area (TPSA) is 42.2 Å². The lowest BCUT2D eigenvalue weighted by Gasteiger charge is -2.22. The maximum Gasteiger partial charge on any atom is 0.235 e. The molecule has 18 heavy (non-hydrogen) atoms. The lowest BCUT2D eigenvalue weighted by Crippen LogP contribution is -2.35. The van der Waals surface area contributed by atoms with Crippen LogP contribution in [-0.4, -0.2) is 27.0 Å². The fourth-order valence-corrected chi connectivity index (χ4v) is 2.62. The van der Waals surface area contributed by atoms with Crippen LogP contribution in [0.5, 0.6) is 0 Å². The first kappa shape index (κ1) is 11.9. The molecule has 3 rings (SSSR count).